The summed E-state index contributed by atoms with van der Waals surface area (Å²) in [7, 11) is 0. The second-order valence-electron chi connectivity index (χ2n) is 4.69. The molecule has 0 aromatic carbocycles. The normalized spacial score (nSPS) is 22.1. The molecule has 2 atom stereocenters. The van der Waals surface area contributed by atoms with Crippen molar-refractivity contribution >= 4 is 5.91 Å². The van der Waals surface area contributed by atoms with Crippen molar-refractivity contribution in [1.29, 1.82) is 0 Å². The number of carbonyl (C=O) groups excluding carboxylic acids is 1. The molecule has 4 nitrogen and oxygen atoms in total. The molecule has 0 saturated carbocycles. The van der Waals surface area contributed by atoms with Gasteiger partial charge in [0.15, 0.2) is 0 Å². The van der Waals surface area contributed by atoms with E-state index in [4.69, 9.17) is 4.74 Å². The molecule has 1 heterocycles. The minimum Gasteiger partial charge on any atom is -0.374 e. The quantitative estimate of drug-likeness (QED) is 0.707. The Bertz CT molecular complexity index is 215. The van der Waals surface area contributed by atoms with Crippen molar-refractivity contribution in [3.8, 4) is 0 Å². The van der Waals surface area contributed by atoms with Crippen LogP contribution in [-0.4, -0.2) is 38.3 Å². The van der Waals surface area contributed by atoms with E-state index in [1.807, 2.05) is 0 Å². The van der Waals surface area contributed by atoms with Crippen molar-refractivity contribution in [1.82, 2.24) is 10.6 Å². The molecule has 0 aliphatic carbocycles. The standard InChI is InChI=1S/C13H26N2O2/c1-3-5-6-11(4-2)13(16)15-10-12-9-14-7-8-17-12/h11-12,14H,3-10H2,1-2H3,(H,15,16). The summed E-state index contributed by atoms with van der Waals surface area (Å²) >= 11 is 0. The van der Waals surface area contributed by atoms with Gasteiger partial charge in [-0.3, -0.25) is 4.79 Å². The first-order chi connectivity index (χ1) is 8.27. The molecule has 1 aliphatic rings. The SMILES string of the molecule is CCCCC(CC)C(=O)NCC1CNCCO1. The second-order valence-corrected chi connectivity index (χ2v) is 4.69. The zero-order valence-corrected chi connectivity index (χ0v) is 11.1. The maximum absolute atomic E-state index is 11.9. The lowest BCUT2D eigenvalue weighted by Crippen LogP contribution is -2.46. The third-order valence-electron chi connectivity index (χ3n) is 3.28. The van der Waals surface area contributed by atoms with Gasteiger partial charge in [0.1, 0.15) is 0 Å². The number of hydrogen-bond acceptors (Lipinski definition) is 3. The van der Waals surface area contributed by atoms with Gasteiger partial charge in [-0.15, -0.1) is 0 Å². The number of amides is 1. The van der Waals surface area contributed by atoms with Crippen LogP contribution in [0.4, 0.5) is 0 Å². The molecule has 17 heavy (non-hydrogen) atoms. The van der Waals surface area contributed by atoms with E-state index in [2.05, 4.69) is 24.5 Å². The van der Waals surface area contributed by atoms with Gasteiger partial charge in [0, 0.05) is 25.6 Å². The molecule has 2 N–H and O–H groups in total. The van der Waals surface area contributed by atoms with E-state index >= 15 is 0 Å². The van der Waals surface area contributed by atoms with Crippen LogP contribution in [0.1, 0.15) is 39.5 Å². The fraction of sp³-hybridized carbons (Fsp3) is 0.923. The largest absolute Gasteiger partial charge is 0.374 e. The first-order valence-electron chi connectivity index (χ1n) is 6.88. The Labute approximate surface area is 104 Å². The van der Waals surface area contributed by atoms with Crippen LogP contribution in [0.2, 0.25) is 0 Å². The topological polar surface area (TPSA) is 50.4 Å². The van der Waals surface area contributed by atoms with Gasteiger partial charge >= 0.3 is 0 Å². The molecular weight excluding hydrogens is 216 g/mol. The Kier molecular flexibility index (Phi) is 7.21. The predicted molar refractivity (Wildman–Crippen MR) is 68.9 cm³/mol. The number of carbonyl (C=O) groups is 1. The van der Waals surface area contributed by atoms with Gasteiger partial charge in [0.2, 0.25) is 5.91 Å². The smallest absolute Gasteiger partial charge is 0.223 e. The first kappa shape index (κ1) is 14.5. The molecule has 0 aromatic heterocycles. The molecule has 0 spiro atoms. The highest BCUT2D eigenvalue weighted by Crippen LogP contribution is 2.12. The third kappa shape index (κ3) is 5.50. The van der Waals surface area contributed by atoms with Gasteiger partial charge in [-0.2, -0.15) is 0 Å². The molecule has 0 bridgehead atoms. The summed E-state index contributed by atoms with van der Waals surface area (Å²) < 4.78 is 5.55. The number of nitrogens with one attached hydrogen (secondary N) is 2. The fourth-order valence-corrected chi connectivity index (χ4v) is 2.08. The average molecular weight is 242 g/mol. The Morgan fingerprint density at radius 2 is 2.35 bits per heavy atom. The van der Waals surface area contributed by atoms with E-state index in [0.29, 0.717) is 6.54 Å². The Morgan fingerprint density at radius 3 is 2.94 bits per heavy atom. The molecular formula is C13H26N2O2. The predicted octanol–water partition coefficient (Wildman–Crippen LogP) is 1.31. The van der Waals surface area contributed by atoms with E-state index in [0.717, 1.165) is 45.4 Å². The highest BCUT2D eigenvalue weighted by molar-refractivity contribution is 5.78. The van der Waals surface area contributed by atoms with Crippen LogP contribution in [0.5, 0.6) is 0 Å². The zero-order valence-electron chi connectivity index (χ0n) is 11.1. The maximum Gasteiger partial charge on any atom is 0.223 e. The Hall–Kier alpha value is -0.610. The molecule has 1 fully saturated rings. The molecule has 1 rings (SSSR count). The van der Waals surface area contributed by atoms with Crippen LogP contribution in [-0.2, 0) is 9.53 Å². The highest BCUT2D eigenvalue weighted by Gasteiger charge is 2.18. The average Bonchev–Trinajstić information content (AvgIpc) is 2.38. The molecule has 0 radical (unpaired) electrons. The summed E-state index contributed by atoms with van der Waals surface area (Å²) in [6.45, 7) is 7.37. The van der Waals surface area contributed by atoms with Gasteiger partial charge in [-0.25, -0.2) is 0 Å². The lowest BCUT2D eigenvalue weighted by Gasteiger charge is -2.24. The lowest BCUT2D eigenvalue weighted by molar-refractivity contribution is -0.126. The number of morpholine rings is 1. The van der Waals surface area contributed by atoms with Crippen LogP contribution < -0.4 is 10.6 Å². The minimum absolute atomic E-state index is 0.136. The number of rotatable bonds is 7. The van der Waals surface area contributed by atoms with Crippen molar-refractivity contribution in [2.24, 2.45) is 5.92 Å². The Balaban J connectivity index is 2.21. The Morgan fingerprint density at radius 1 is 1.53 bits per heavy atom. The van der Waals surface area contributed by atoms with Crippen molar-refractivity contribution in [3.05, 3.63) is 0 Å². The lowest BCUT2D eigenvalue weighted by atomic mass is 9.98. The molecule has 2 unspecified atom stereocenters. The van der Waals surface area contributed by atoms with Gasteiger partial charge < -0.3 is 15.4 Å². The van der Waals surface area contributed by atoms with Crippen molar-refractivity contribution in [2.75, 3.05) is 26.2 Å². The van der Waals surface area contributed by atoms with Gasteiger partial charge in [0.25, 0.3) is 0 Å². The summed E-state index contributed by atoms with van der Waals surface area (Å²) in [5.74, 6) is 0.363. The minimum atomic E-state index is 0.136. The van der Waals surface area contributed by atoms with Crippen molar-refractivity contribution in [2.45, 2.75) is 45.6 Å². The molecule has 1 aliphatic heterocycles. The van der Waals surface area contributed by atoms with Crippen molar-refractivity contribution in [3.63, 3.8) is 0 Å². The monoisotopic (exact) mass is 242 g/mol. The van der Waals surface area contributed by atoms with Crippen LogP contribution >= 0.6 is 0 Å². The summed E-state index contributed by atoms with van der Waals surface area (Å²) in [6.07, 6.45) is 4.35. The highest BCUT2D eigenvalue weighted by atomic mass is 16.5. The number of hydrogen-bond donors (Lipinski definition) is 2. The molecule has 1 saturated heterocycles. The van der Waals surface area contributed by atoms with Gasteiger partial charge in [0.05, 0.1) is 12.7 Å². The van der Waals surface area contributed by atoms with Crippen molar-refractivity contribution < 1.29 is 9.53 Å². The molecule has 0 aromatic rings. The van der Waals surface area contributed by atoms with Crippen LogP contribution in [0, 0.1) is 5.92 Å². The summed E-state index contributed by atoms with van der Waals surface area (Å²) in [6, 6.07) is 0. The van der Waals surface area contributed by atoms with Crippen LogP contribution in [0.3, 0.4) is 0 Å². The summed E-state index contributed by atoms with van der Waals surface area (Å²) in [5, 5.41) is 6.27. The fourth-order valence-electron chi connectivity index (χ4n) is 2.08. The number of ether oxygens (including phenoxy) is 1. The third-order valence-corrected chi connectivity index (χ3v) is 3.28. The van der Waals surface area contributed by atoms with E-state index < -0.39 is 0 Å². The maximum atomic E-state index is 11.9. The van der Waals surface area contributed by atoms with Crippen LogP contribution in [0.25, 0.3) is 0 Å². The van der Waals surface area contributed by atoms with Gasteiger partial charge in [-0.05, 0) is 12.8 Å². The van der Waals surface area contributed by atoms with E-state index in [1.54, 1.807) is 0 Å². The molecule has 100 valence electrons. The van der Waals surface area contributed by atoms with Gasteiger partial charge in [-0.1, -0.05) is 26.7 Å². The second kappa shape index (κ2) is 8.48. The number of unbranched alkanes of at least 4 members (excludes halogenated alkanes) is 1. The van der Waals surface area contributed by atoms with E-state index in [-0.39, 0.29) is 17.9 Å². The van der Waals surface area contributed by atoms with E-state index in [9.17, 15) is 4.79 Å². The molecule has 1 amide bonds. The van der Waals surface area contributed by atoms with Crippen LogP contribution in [0.15, 0.2) is 0 Å². The summed E-state index contributed by atoms with van der Waals surface area (Å²) in [4.78, 5) is 11.9. The van der Waals surface area contributed by atoms with E-state index in [1.165, 1.54) is 0 Å². The molecule has 4 heteroatoms. The first-order valence-corrected chi connectivity index (χ1v) is 6.88. The zero-order chi connectivity index (χ0) is 12.5. The summed E-state index contributed by atoms with van der Waals surface area (Å²) in [5.41, 5.74) is 0.